The van der Waals surface area contributed by atoms with Crippen molar-refractivity contribution in [3.05, 3.63) is 42.7 Å². The lowest BCUT2D eigenvalue weighted by Gasteiger charge is -2.21. The molecule has 0 atom stereocenters. The summed E-state index contributed by atoms with van der Waals surface area (Å²) in [6.07, 6.45) is 7.02. The van der Waals surface area contributed by atoms with Crippen LogP contribution in [0.15, 0.2) is 42.7 Å². The number of hydrogen-bond donors (Lipinski definition) is 2. The summed E-state index contributed by atoms with van der Waals surface area (Å²) in [6, 6.07) is 10.7. The number of anilines is 1. The number of rotatable bonds is 5. The van der Waals surface area contributed by atoms with Crippen molar-refractivity contribution in [1.29, 1.82) is 0 Å². The molecule has 0 radical (unpaired) electrons. The maximum Gasteiger partial charge on any atom is 0.409 e. The molecule has 2 N–H and O–H groups in total. The van der Waals surface area contributed by atoms with E-state index in [1.54, 1.807) is 31.6 Å². The largest absolute Gasteiger partial charge is 0.497 e. The minimum absolute atomic E-state index is 0.474. The number of methoxy groups -OCH3 is 1. The summed E-state index contributed by atoms with van der Waals surface area (Å²) in [4.78, 5) is 18.9. The van der Waals surface area contributed by atoms with E-state index < -0.39 is 6.09 Å². The number of hydrogen-bond acceptors (Lipinski definition) is 7. The van der Waals surface area contributed by atoms with Crippen molar-refractivity contribution in [2.45, 2.75) is 32.1 Å². The van der Waals surface area contributed by atoms with Gasteiger partial charge in [0.2, 0.25) is 5.88 Å². The van der Waals surface area contributed by atoms with Gasteiger partial charge in [0.25, 0.3) is 0 Å². The van der Waals surface area contributed by atoms with Gasteiger partial charge in [0, 0.05) is 11.8 Å². The fraction of sp³-hybridized carbons (Fsp3) is 0.400. The zero-order valence-corrected chi connectivity index (χ0v) is 19.2. The molecular formula is C25H29N3O6. The van der Waals surface area contributed by atoms with Crippen LogP contribution in [0.25, 0.3) is 10.9 Å². The highest BCUT2D eigenvalue weighted by Crippen LogP contribution is 2.32. The molecule has 1 saturated carbocycles. The smallest absolute Gasteiger partial charge is 0.409 e. The predicted molar refractivity (Wildman–Crippen MR) is 127 cm³/mol. The summed E-state index contributed by atoms with van der Waals surface area (Å²) in [7, 11) is 1.66. The molecule has 9 nitrogen and oxygen atoms in total. The third-order valence-corrected chi connectivity index (χ3v) is 5.78. The van der Waals surface area contributed by atoms with Gasteiger partial charge in [-0.05, 0) is 49.1 Å². The van der Waals surface area contributed by atoms with E-state index in [9.17, 15) is 4.79 Å². The summed E-state index contributed by atoms with van der Waals surface area (Å²) in [5.74, 6) is 3.35. The third-order valence-electron chi connectivity index (χ3n) is 5.78. The van der Waals surface area contributed by atoms with Crippen molar-refractivity contribution in [2.75, 3.05) is 32.2 Å². The monoisotopic (exact) mass is 467 g/mol. The number of aromatic nitrogens is 2. The number of benzene rings is 2. The van der Waals surface area contributed by atoms with Crippen molar-refractivity contribution >= 4 is 22.7 Å². The standard InChI is InChI=1S/C16H20N2O2.C9H9NO4/c1-19-13-7-8-15-14(9-13)16(18-11-17-15)20-10-12-5-3-2-4-6-12;11-9(12)10-6-1-2-7-8(5-6)14-4-3-13-7/h7-9,11-12H,2-6,10H2,1H3;1-2,5,10H,3-4H2,(H,11,12). The first-order valence-corrected chi connectivity index (χ1v) is 11.4. The van der Waals surface area contributed by atoms with Crippen LogP contribution in [0.4, 0.5) is 10.5 Å². The minimum Gasteiger partial charge on any atom is -0.497 e. The van der Waals surface area contributed by atoms with Gasteiger partial charge in [-0.15, -0.1) is 0 Å². The molecule has 0 unspecified atom stereocenters. The molecule has 2 aromatic carbocycles. The molecule has 0 spiro atoms. The molecule has 3 aromatic rings. The van der Waals surface area contributed by atoms with Crippen LogP contribution in [0.3, 0.4) is 0 Å². The van der Waals surface area contributed by atoms with Crippen molar-refractivity contribution < 1.29 is 28.8 Å². The molecule has 180 valence electrons. The average Bonchev–Trinajstić information content (AvgIpc) is 2.87. The Morgan fingerprint density at radius 2 is 1.85 bits per heavy atom. The van der Waals surface area contributed by atoms with Gasteiger partial charge in [0.05, 0.1) is 24.6 Å². The number of nitrogens with one attached hydrogen (secondary N) is 1. The lowest BCUT2D eigenvalue weighted by Crippen LogP contribution is -2.15. The fourth-order valence-electron chi connectivity index (χ4n) is 4.05. The molecular weight excluding hydrogens is 438 g/mol. The first kappa shape index (κ1) is 23.4. The molecule has 1 aliphatic heterocycles. The van der Waals surface area contributed by atoms with Crippen molar-refractivity contribution in [3.63, 3.8) is 0 Å². The number of fused-ring (bicyclic) bond motifs is 2. The third kappa shape index (κ3) is 6.18. The van der Waals surface area contributed by atoms with Crippen LogP contribution in [0.2, 0.25) is 0 Å². The zero-order valence-electron chi connectivity index (χ0n) is 19.2. The maximum atomic E-state index is 10.4. The summed E-state index contributed by atoms with van der Waals surface area (Å²) in [5, 5.41) is 11.6. The highest BCUT2D eigenvalue weighted by atomic mass is 16.6. The van der Waals surface area contributed by atoms with Gasteiger partial charge in [0.15, 0.2) is 11.5 Å². The molecule has 1 fully saturated rings. The van der Waals surface area contributed by atoms with Gasteiger partial charge >= 0.3 is 6.09 Å². The van der Waals surface area contributed by atoms with Crippen LogP contribution in [0, 0.1) is 5.92 Å². The van der Waals surface area contributed by atoms with E-state index in [1.165, 1.54) is 32.1 Å². The summed E-state index contributed by atoms with van der Waals surface area (Å²) < 4.78 is 21.8. The number of ether oxygens (including phenoxy) is 4. The molecule has 2 heterocycles. The van der Waals surface area contributed by atoms with Crippen LogP contribution in [0.1, 0.15) is 32.1 Å². The lowest BCUT2D eigenvalue weighted by atomic mass is 9.90. The second-order valence-corrected chi connectivity index (χ2v) is 8.17. The van der Waals surface area contributed by atoms with Crippen LogP contribution in [-0.4, -0.2) is 48.1 Å². The Balaban J connectivity index is 0.000000172. The Labute approximate surface area is 198 Å². The Morgan fingerprint density at radius 3 is 2.62 bits per heavy atom. The molecule has 1 amide bonds. The molecule has 1 aliphatic carbocycles. The van der Waals surface area contributed by atoms with E-state index in [0.717, 1.165) is 23.3 Å². The molecule has 1 aromatic heterocycles. The maximum absolute atomic E-state index is 10.4. The fourth-order valence-corrected chi connectivity index (χ4v) is 4.05. The molecule has 2 aliphatic rings. The Kier molecular flexibility index (Phi) is 7.85. The number of carbonyl (C=O) groups is 1. The molecule has 0 saturated heterocycles. The van der Waals surface area contributed by atoms with E-state index in [4.69, 9.17) is 24.1 Å². The average molecular weight is 468 g/mol. The summed E-state index contributed by atoms with van der Waals surface area (Å²) >= 11 is 0. The topological polar surface area (TPSA) is 112 Å². The zero-order chi connectivity index (χ0) is 23.8. The number of carboxylic acid groups (broad SMARTS) is 1. The molecule has 34 heavy (non-hydrogen) atoms. The summed E-state index contributed by atoms with van der Waals surface area (Å²) in [6.45, 7) is 1.77. The van der Waals surface area contributed by atoms with Crippen LogP contribution < -0.4 is 24.3 Å². The molecule has 9 heteroatoms. The van der Waals surface area contributed by atoms with Crippen molar-refractivity contribution in [3.8, 4) is 23.1 Å². The van der Waals surface area contributed by atoms with Crippen LogP contribution >= 0.6 is 0 Å². The Hall–Kier alpha value is -3.75. The highest BCUT2D eigenvalue weighted by Gasteiger charge is 2.15. The lowest BCUT2D eigenvalue weighted by molar-refractivity contribution is 0.171. The first-order chi connectivity index (χ1) is 16.6. The second-order valence-electron chi connectivity index (χ2n) is 8.17. The van der Waals surface area contributed by atoms with Gasteiger partial charge in [0.1, 0.15) is 25.3 Å². The van der Waals surface area contributed by atoms with Crippen molar-refractivity contribution in [2.24, 2.45) is 5.92 Å². The van der Waals surface area contributed by atoms with E-state index in [1.807, 2.05) is 18.2 Å². The Morgan fingerprint density at radius 1 is 1.06 bits per heavy atom. The predicted octanol–water partition coefficient (Wildman–Crippen LogP) is 5.15. The van der Waals surface area contributed by atoms with E-state index >= 15 is 0 Å². The van der Waals surface area contributed by atoms with E-state index in [2.05, 4.69) is 15.3 Å². The Bertz CT molecular complexity index is 1120. The highest BCUT2D eigenvalue weighted by molar-refractivity contribution is 5.84. The van der Waals surface area contributed by atoms with Gasteiger partial charge in [-0.1, -0.05) is 19.3 Å². The number of amides is 1. The van der Waals surface area contributed by atoms with Gasteiger partial charge < -0.3 is 24.1 Å². The van der Waals surface area contributed by atoms with Crippen LogP contribution in [0.5, 0.6) is 23.1 Å². The summed E-state index contributed by atoms with van der Waals surface area (Å²) in [5.41, 5.74) is 1.36. The minimum atomic E-state index is -1.10. The van der Waals surface area contributed by atoms with Crippen LogP contribution in [-0.2, 0) is 0 Å². The molecule has 0 bridgehead atoms. The quantitative estimate of drug-likeness (QED) is 0.530. The SMILES string of the molecule is COc1ccc2ncnc(OCC3CCCCC3)c2c1.O=C(O)Nc1ccc2c(c1)OCCO2. The van der Waals surface area contributed by atoms with Gasteiger partial charge in [-0.25, -0.2) is 14.8 Å². The first-order valence-electron chi connectivity index (χ1n) is 11.4. The van der Waals surface area contributed by atoms with Gasteiger partial charge in [-0.3, -0.25) is 5.32 Å². The van der Waals surface area contributed by atoms with E-state index in [0.29, 0.717) is 42.2 Å². The number of nitrogens with zero attached hydrogens (tertiary/aromatic N) is 2. The van der Waals surface area contributed by atoms with Gasteiger partial charge in [-0.2, -0.15) is 0 Å². The van der Waals surface area contributed by atoms with E-state index in [-0.39, 0.29) is 0 Å². The second kappa shape index (κ2) is 11.4. The molecule has 5 rings (SSSR count). The normalized spacial score (nSPS) is 15.1. The van der Waals surface area contributed by atoms with Crippen molar-refractivity contribution in [1.82, 2.24) is 9.97 Å².